The molecule has 6 heteroatoms. The summed E-state index contributed by atoms with van der Waals surface area (Å²) in [6, 6.07) is 9.68. The molecule has 3 rings (SSSR count). The van der Waals surface area contributed by atoms with Gasteiger partial charge in [0.15, 0.2) is 0 Å². The second-order valence-electron chi connectivity index (χ2n) is 7.29. The van der Waals surface area contributed by atoms with E-state index in [9.17, 15) is 13.5 Å². The third-order valence-corrected chi connectivity index (χ3v) is 7.37. The second-order valence-corrected chi connectivity index (χ2v) is 9.18. The van der Waals surface area contributed by atoms with Crippen molar-refractivity contribution in [2.75, 3.05) is 13.1 Å². The van der Waals surface area contributed by atoms with Gasteiger partial charge in [-0.05, 0) is 38.2 Å². The number of hydrogen-bond acceptors (Lipinski definition) is 3. The lowest BCUT2D eigenvalue weighted by atomic mass is 10.0. The Balaban J connectivity index is 1.86. The van der Waals surface area contributed by atoms with E-state index in [0.717, 1.165) is 31.2 Å². The lowest BCUT2D eigenvalue weighted by molar-refractivity contribution is 0.0264. The van der Waals surface area contributed by atoms with Gasteiger partial charge in [0.1, 0.15) is 0 Å². The minimum atomic E-state index is -3.57. The molecule has 134 valence electrons. The van der Waals surface area contributed by atoms with Crippen molar-refractivity contribution in [2.45, 2.75) is 63.6 Å². The van der Waals surface area contributed by atoms with Crippen LogP contribution < -0.4 is 0 Å². The lowest BCUT2D eigenvalue weighted by Crippen LogP contribution is -2.50. The van der Waals surface area contributed by atoms with Crippen molar-refractivity contribution in [1.82, 2.24) is 8.61 Å². The molecular formula is C18H28N2O3S. The Morgan fingerprint density at radius 2 is 1.88 bits per heavy atom. The average molecular weight is 353 g/mol. The molecule has 5 nitrogen and oxygen atoms in total. The monoisotopic (exact) mass is 352 g/mol. The van der Waals surface area contributed by atoms with Gasteiger partial charge in [0.2, 0.25) is 0 Å². The lowest BCUT2D eigenvalue weighted by Gasteiger charge is -2.34. The van der Waals surface area contributed by atoms with Crippen molar-refractivity contribution in [1.29, 1.82) is 0 Å². The highest BCUT2D eigenvalue weighted by molar-refractivity contribution is 7.86. The fourth-order valence-corrected chi connectivity index (χ4v) is 5.86. The molecule has 0 radical (unpaired) electrons. The van der Waals surface area contributed by atoms with Crippen LogP contribution in [0.2, 0.25) is 0 Å². The summed E-state index contributed by atoms with van der Waals surface area (Å²) in [5.41, 5.74) is 0.0691. The van der Waals surface area contributed by atoms with Crippen LogP contribution in [0, 0.1) is 0 Å². The first-order valence-electron chi connectivity index (χ1n) is 8.94. The van der Waals surface area contributed by atoms with Crippen molar-refractivity contribution in [3.63, 3.8) is 0 Å². The van der Waals surface area contributed by atoms with E-state index in [-0.39, 0.29) is 12.6 Å². The molecule has 2 aliphatic rings. The highest BCUT2D eigenvalue weighted by atomic mass is 32.2. The van der Waals surface area contributed by atoms with E-state index in [4.69, 9.17) is 0 Å². The number of aliphatic hydroxyl groups is 1. The molecule has 0 aromatic heterocycles. The Morgan fingerprint density at radius 1 is 1.21 bits per heavy atom. The highest BCUT2D eigenvalue weighted by Gasteiger charge is 2.41. The van der Waals surface area contributed by atoms with Crippen molar-refractivity contribution >= 4 is 10.2 Å². The van der Waals surface area contributed by atoms with Gasteiger partial charge in [-0.1, -0.05) is 43.2 Å². The maximum Gasteiger partial charge on any atom is 0.282 e. The molecule has 1 unspecified atom stereocenters. The van der Waals surface area contributed by atoms with Crippen LogP contribution in [0.3, 0.4) is 0 Å². The molecule has 1 aromatic rings. The van der Waals surface area contributed by atoms with Gasteiger partial charge in [-0.2, -0.15) is 17.0 Å². The summed E-state index contributed by atoms with van der Waals surface area (Å²) in [6.07, 6.45) is 5.12. The SMILES string of the molecule is CC1CCCN1S(=O)(=O)N(Cc1ccccc1)CC1(O)CCCC1. The van der Waals surface area contributed by atoms with E-state index in [1.807, 2.05) is 37.3 Å². The van der Waals surface area contributed by atoms with Crippen LogP contribution in [-0.4, -0.2) is 46.9 Å². The van der Waals surface area contributed by atoms with Crippen LogP contribution in [0.5, 0.6) is 0 Å². The van der Waals surface area contributed by atoms with E-state index in [1.54, 1.807) is 4.31 Å². The zero-order valence-corrected chi connectivity index (χ0v) is 15.2. The highest BCUT2D eigenvalue weighted by Crippen LogP contribution is 2.33. The van der Waals surface area contributed by atoms with Crippen LogP contribution in [0.25, 0.3) is 0 Å². The van der Waals surface area contributed by atoms with E-state index < -0.39 is 15.8 Å². The Bertz CT molecular complexity index is 641. The van der Waals surface area contributed by atoms with Crippen molar-refractivity contribution in [3.05, 3.63) is 35.9 Å². The van der Waals surface area contributed by atoms with Crippen LogP contribution in [-0.2, 0) is 16.8 Å². The topological polar surface area (TPSA) is 60.9 Å². The van der Waals surface area contributed by atoms with Crippen molar-refractivity contribution in [2.24, 2.45) is 0 Å². The molecule has 1 atom stereocenters. The molecule has 24 heavy (non-hydrogen) atoms. The summed E-state index contributed by atoms with van der Waals surface area (Å²) >= 11 is 0. The van der Waals surface area contributed by atoms with Gasteiger partial charge in [-0.25, -0.2) is 0 Å². The van der Waals surface area contributed by atoms with Crippen LogP contribution >= 0.6 is 0 Å². The molecule has 1 aliphatic carbocycles. The summed E-state index contributed by atoms with van der Waals surface area (Å²) in [6.45, 7) is 3.05. The number of benzene rings is 1. The van der Waals surface area contributed by atoms with Gasteiger partial charge in [-0.3, -0.25) is 0 Å². The minimum absolute atomic E-state index is 0.0338. The summed E-state index contributed by atoms with van der Waals surface area (Å²) in [5.74, 6) is 0. The van der Waals surface area contributed by atoms with Gasteiger partial charge >= 0.3 is 0 Å². The van der Waals surface area contributed by atoms with Gasteiger partial charge in [-0.15, -0.1) is 0 Å². The minimum Gasteiger partial charge on any atom is -0.389 e. The number of nitrogens with zero attached hydrogens (tertiary/aromatic N) is 2. The van der Waals surface area contributed by atoms with E-state index >= 15 is 0 Å². The van der Waals surface area contributed by atoms with Gasteiger partial charge < -0.3 is 5.11 Å². The van der Waals surface area contributed by atoms with E-state index in [0.29, 0.717) is 25.9 Å². The summed E-state index contributed by atoms with van der Waals surface area (Å²) in [7, 11) is -3.57. The summed E-state index contributed by atoms with van der Waals surface area (Å²) in [4.78, 5) is 0. The van der Waals surface area contributed by atoms with Crippen molar-refractivity contribution in [3.8, 4) is 0 Å². The predicted molar refractivity (Wildman–Crippen MR) is 94.6 cm³/mol. The zero-order valence-electron chi connectivity index (χ0n) is 14.4. The molecular weight excluding hydrogens is 324 g/mol. The molecule has 1 saturated carbocycles. The second kappa shape index (κ2) is 7.12. The van der Waals surface area contributed by atoms with Gasteiger partial charge in [0.05, 0.1) is 5.60 Å². The van der Waals surface area contributed by atoms with Crippen molar-refractivity contribution < 1.29 is 13.5 Å². The number of hydrogen-bond donors (Lipinski definition) is 1. The van der Waals surface area contributed by atoms with Gasteiger partial charge in [0.25, 0.3) is 10.2 Å². The maximum atomic E-state index is 13.2. The molecule has 1 saturated heterocycles. The fourth-order valence-electron chi connectivity index (χ4n) is 3.92. The molecule has 2 fully saturated rings. The third-order valence-electron chi connectivity index (χ3n) is 5.32. The Labute approximate surface area is 145 Å². The Morgan fingerprint density at radius 3 is 2.46 bits per heavy atom. The molecule has 1 aliphatic heterocycles. The first-order valence-corrected chi connectivity index (χ1v) is 10.3. The summed E-state index contributed by atoms with van der Waals surface area (Å²) < 4.78 is 29.5. The predicted octanol–water partition coefficient (Wildman–Crippen LogP) is 2.52. The van der Waals surface area contributed by atoms with E-state index in [1.165, 1.54) is 4.31 Å². The van der Waals surface area contributed by atoms with Gasteiger partial charge in [0, 0.05) is 25.7 Å². The first-order chi connectivity index (χ1) is 11.4. The Kier molecular flexibility index (Phi) is 5.30. The normalized spacial score (nSPS) is 24.7. The molecule has 0 amide bonds. The van der Waals surface area contributed by atoms with Crippen LogP contribution in [0.1, 0.15) is 51.0 Å². The zero-order chi connectivity index (χ0) is 17.2. The molecule has 1 aromatic carbocycles. The van der Waals surface area contributed by atoms with E-state index in [2.05, 4.69) is 0 Å². The maximum absolute atomic E-state index is 13.2. The quantitative estimate of drug-likeness (QED) is 0.856. The summed E-state index contributed by atoms with van der Waals surface area (Å²) in [5, 5.41) is 10.8. The molecule has 0 spiro atoms. The first kappa shape index (κ1) is 17.9. The van der Waals surface area contributed by atoms with Crippen LogP contribution in [0.4, 0.5) is 0 Å². The average Bonchev–Trinajstić information content (AvgIpc) is 3.17. The molecule has 1 N–H and O–H groups in total. The fraction of sp³-hybridized carbons (Fsp3) is 0.667. The number of rotatable bonds is 6. The largest absolute Gasteiger partial charge is 0.389 e. The van der Waals surface area contributed by atoms with Crippen LogP contribution in [0.15, 0.2) is 30.3 Å². The Hall–Kier alpha value is -0.950. The molecule has 0 bridgehead atoms. The molecule has 1 heterocycles. The standard InChI is InChI=1S/C18H28N2O3S/c1-16-8-7-13-20(16)24(22,23)19(14-17-9-3-2-4-10-17)15-18(21)11-5-6-12-18/h2-4,9-10,16,21H,5-8,11-15H2,1H3. The smallest absolute Gasteiger partial charge is 0.282 e. The third kappa shape index (κ3) is 3.82.